The predicted octanol–water partition coefficient (Wildman–Crippen LogP) is 2.88. The van der Waals surface area contributed by atoms with Crippen LogP contribution in [0, 0.1) is 11.3 Å². The molecule has 0 aromatic heterocycles. The summed E-state index contributed by atoms with van der Waals surface area (Å²) in [6, 6.07) is 1.84. The molecule has 0 aliphatic rings. The first-order valence-electron chi connectivity index (χ1n) is 5.36. The van der Waals surface area contributed by atoms with Gasteiger partial charge >= 0.3 is 0 Å². The number of nitriles is 1. The maximum Gasteiger partial charge on any atom is 0.225 e. The van der Waals surface area contributed by atoms with Crippen LogP contribution in [0.4, 0.5) is 0 Å². The van der Waals surface area contributed by atoms with Crippen LogP contribution in [0.1, 0.15) is 13.8 Å². The molecule has 0 spiro atoms. The fourth-order valence-corrected chi connectivity index (χ4v) is 6.20. The molecule has 0 aliphatic heterocycles. The van der Waals surface area contributed by atoms with Crippen LogP contribution in [0.5, 0.6) is 0 Å². The lowest BCUT2D eigenvalue weighted by Gasteiger charge is -2.34. The monoisotopic (exact) mass is 434 g/mol. The number of alkyl halides is 4. The van der Waals surface area contributed by atoms with Gasteiger partial charge in [-0.15, -0.1) is 26.9 Å². The van der Waals surface area contributed by atoms with E-state index in [-0.39, 0.29) is 5.75 Å². The molecule has 0 aromatic carbocycles. The van der Waals surface area contributed by atoms with Gasteiger partial charge in [0.15, 0.2) is 4.84 Å². The Balaban J connectivity index is 5.56. The summed E-state index contributed by atoms with van der Waals surface area (Å²) >= 11 is 23.4. The summed E-state index contributed by atoms with van der Waals surface area (Å²) in [5.74, 6) is -0.503. The Morgan fingerprint density at radius 2 is 1.86 bits per heavy atom. The highest BCUT2D eigenvalue weighted by atomic mass is 35.5. The van der Waals surface area contributed by atoms with Gasteiger partial charge in [-0.1, -0.05) is 23.2 Å². The summed E-state index contributed by atoms with van der Waals surface area (Å²) in [6.07, 6.45) is 1.38. The Hall–Kier alpha value is 1.06. The summed E-state index contributed by atoms with van der Waals surface area (Å²) in [4.78, 5) is -1.29. The van der Waals surface area contributed by atoms with Crippen LogP contribution in [-0.2, 0) is 20.8 Å². The van der Waals surface area contributed by atoms with E-state index >= 15 is 0 Å². The second-order valence-corrected chi connectivity index (χ2v) is 12.3. The molecule has 1 unspecified atom stereocenters. The third-order valence-electron chi connectivity index (χ3n) is 2.07. The number of rotatable bonds is 8. The van der Waals surface area contributed by atoms with Gasteiger partial charge in [0.2, 0.25) is 13.7 Å². The van der Waals surface area contributed by atoms with Crippen molar-refractivity contribution in [3.8, 4) is 6.07 Å². The van der Waals surface area contributed by atoms with E-state index in [0.717, 1.165) is 3.71 Å². The van der Waals surface area contributed by atoms with E-state index in [2.05, 4.69) is 0 Å². The van der Waals surface area contributed by atoms with Gasteiger partial charge in [0.05, 0.1) is 11.8 Å². The first-order valence-corrected chi connectivity index (χ1v) is 11.1. The van der Waals surface area contributed by atoms with Crippen molar-refractivity contribution in [1.29, 1.82) is 5.26 Å². The lowest BCUT2D eigenvalue weighted by Crippen LogP contribution is -2.46. The molecule has 0 aromatic rings. The molecule has 5 nitrogen and oxygen atoms in total. The van der Waals surface area contributed by atoms with E-state index in [1.54, 1.807) is 0 Å². The first kappa shape index (κ1) is 22.1. The molecule has 0 saturated heterocycles. The van der Waals surface area contributed by atoms with Crippen molar-refractivity contribution < 1.29 is 12.6 Å². The van der Waals surface area contributed by atoms with Crippen LogP contribution in [-0.4, -0.2) is 48.1 Å². The lowest BCUT2D eigenvalue weighted by molar-refractivity contribution is 0.430. The molecule has 0 heterocycles. The van der Waals surface area contributed by atoms with Crippen LogP contribution in [0.3, 0.4) is 0 Å². The van der Waals surface area contributed by atoms with Crippen LogP contribution in [0.25, 0.3) is 0 Å². The highest BCUT2D eigenvalue weighted by molar-refractivity contribution is 8.11. The third kappa shape index (κ3) is 7.00. The number of hydrogen-bond acceptors (Lipinski definition) is 5. The summed E-state index contributed by atoms with van der Waals surface area (Å²) in [6.45, 7) is 2.75. The second-order valence-electron chi connectivity index (χ2n) is 4.45. The van der Waals surface area contributed by atoms with Gasteiger partial charge in [-0.05, 0) is 25.8 Å². The second kappa shape index (κ2) is 8.25. The van der Waals surface area contributed by atoms with Crippen molar-refractivity contribution in [2.75, 3.05) is 17.8 Å². The molecule has 1 atom stereocenters. The average molecular weight is 436 g/mol. The topological polar surface area (TPSA) is 78.2 Å². The molecule has 124 valence electrons. The van der Waals surface area contributed by atoms with Gasteiger partial charge in [-0.3, -0.25) is 4.21 Å². The van der Waals surface area contributed by atoms with Gasteiger partial charge in [-0.2, -0.15) is 5.26 Å². The zero-order valence-electron chi connectivity index (χ0n) is 11.3. The maximum atomic E-state index is 12.4. The molecule has 0 rings (SSSR count). The fourth-order valence-electron chi connectivity index (χ4n) is 1.02. The van der Waals surface area contributed by atoms with E-state index in [1.807, 2.05) is 6.07 Å². The fraction of sp³-hybridized carbons (Fsp3) is 0.889. The number of hydrogen-bond donors (Lipinski definition) is 0. The predicted molar refractivity (Wildman–Crippen MR) is 91.8 cm³/mol. The van der Waals surface area contributed by atoms with Crippen LogP contribution >= 0.6 is 58.4 Å². The molecule has 0 saturated carbocycles. The molecular weight excluding hydrogens is 422 g/mol. The van der Waals surface area contributed by atoms with Gasteiger partial charge in [-0.25, -0.2) is 8.42 Å². The summed E-state index contributed by atoms with van der Waals surface area (Å²) < 4.78 is 34.7. The maximum absolute atomic E-state index is 12.4. The summed E-state index contributed by atoms with van der Waals surface area (Å²) in [7, 11) is -5.26. The van der Waals surface area contributed by atoms with E-state index in [0.29, 0.717) is 11.9 Å². The van der Waals surface area contributed by atoms with Crippen molar-refractivity contribution in [2.45, 2.75) is 27.9 Å². The number of sulfonamides is 1. The van der Waals surface area contributed by atoms with Crippen LogP contribution < -0.4 is 0 Å². The van der Waals surface area contributed by atoms with E-state index in [4.69, 9.17) is 51.7 Å². The van der Waals surface area contributed by atoms with Crippen molar-refractivity contribution in [3.63, 3.8) is 0 Å². The molecule has 0 aliphatic carbocycles. The number of halogens is 4. The Bertz CT molecular complexity index is 531. The molecule has 0 amide bonds. The zero-order chi connectivity index (χ0) is 17.1. The van der Waals surface area contributed by atoms with E-state index < -0.39 is 40.6 Å². The summed E-state index contributed by atoms with van der Waals surface area (Å²) in [5, 5.41) is 9.16. The molecule has 12 heteroatoms. The van der Waals surface area contributed by atoms with Crippen molar-refractivity contribution in [3.05, 3.63) is 0 Å². The molecule has 0 bridgehead atoms. The highest BCUT2D eigenvalue weighted by Gasteiger charge is 2.45. The minimum Gasteiger partial charge on any atom is -0.260 e. The molecule has 0 radical (unpaired) electrons. The minimum atomic E-state index is -3.96. The SMILES string of the molecule is CS(=O)CCS(=O)(=O)N(SC(Cl)(Cl)C(Cl)Cl)C(C)(C)C#N. The van der Waals surface area contributed by atoms with E-state index in [1.165, 1.54) is 20.1 Å². The minimum absolute atomic E-state index is 0.0797. The molecular formula is C9H14Cl4N2O3S3. The zero-order valence-corrected chi connectivity index (χ0v) is 16.8. The number of nitrogens with zero attached hydrogens (tertiary/aromatic N) is 2. The average Bonchev–Trinajstić information content (AvgIpc) is 2.33. The molecule has 0 N–H and O–H groups in total. The van der Waals surface area contributed by atoms with Crippen molar-refractivity contribution >= 4 is 79.2 Å². The van der Waals surface area contributed by atoms with Gasteiger partial charge in [0.25, 0.3) is 0 Å². The quantitative estimate of drug-likeness (QED) is 0.432. The smallest absolute Gasteiger partial charge is 0.225 e. The van der Waals surface area contributed by atoms with Gasteiger partial charge in [0.1, 0.15) is 5.54 Å². The Labute approximate surface area is 151 Å². The Morgan fingerprint density at radius 1 is 1.38 bits per heavy atom. The van der Waals surface area contributed by atoms with Crippen LogP contribution in [0.15, 0.2) is 0 Å². The van der Waals surface area contributed by atoms with Crippen molar-refractivity contribution in [1.82, 2.24) is 3.71 Å². The van der Waals surface area contributed by atoms with Crippen molar-refractivity contribution in [2.24, 2.45) is 0 Å². The van der Waals surface area contributed by atoms with E-state index in [9.17, 15) is 12.6 Å². The molecule has 21 heavy (non-hydrogen) atoms. The van der Waals surface area contributed by atoms with Gasteiger partial charge < -0.3 is 0 Å². The lowest BCUT2D eigenvalue weighted by atomic mass is 10.1. The van der Waals surface area contributed by atoms with Gasteiger partial charge in [0, 0.05) is 22.8 Å². The standard InChI is InChI=1S/C9H14Cl4N2O3S3/c1-8(2,6-14)15(19-9(12,13)7(10)11)21(17,18)5-4-20(3)16/h7H,4-5H2,1-3H3. The largest absolute Gasteiger partial charge is 0.260 e. The highest BCUT2D eigenvalue weighted by Crippen LogP contribution is 2.47. The van der Waals surface area contributed by atoms with Crippen LogP contribution in [0.2, 0.25) is 0 Å². The normalized spacial score (nSPS) is 15.2. The molecule has 0 fully saturated rings. The summed E-state index contributed by atoms with van der Waals surface area (Å²) in [5.41, 5.74) is -1.45. The Kier molecular flexibility index (Phi) is 8.66. The first-order chi connectivity index (χ1) is 9.26. The third-order valence-corrected chi connectivity index (χ3v) is 9.01. The Morgan fingerprint density at radius 3 is 2.19 bits per heavy atom.